The van der Waals surface area contributed by atoms with E-state index < -0.39 is 6.10 Å². The zero-order chi connectivity index (χ0) is 8.55. The largest absolute Gasteiger partial charge is 0.464 e. The van der Waals surface area contributed by atoms with Crippen LogP contribution in [-0.2, 0) is 0 Å². The van der Waals surface area contributed by atoms with Gasteiger partial charge >= 0.3 is 0 Å². The lowest BCUT2D eigenvalue weighted by Gasteiger charge is -2.02. The Morgan fingerprint density at radius 2 is 2.17 bits per heavy atom. The van der Waals surface area contributed by atoms with E-state index in [2.05, 4.69) is 0 Å². The highest BCUT2D eigenvalue weighted by Gasteiger charge is 2.02. The van der Waals surface area contributed by atoms with E-state index in [1.807, 2.05) is 24.3 Å². The van der Waals surface area contributed by atoms with E-state index in [1.165, 1.54) is 0 Å². The smallest absolute Gasteiger partial charge is 0.134 e. The molecule has 1 N–H and O–H groups in total. The summed E-state index contributed by atoms with van der Waals surface area (Å²) in [5.41, 5.74) is 1.71. The van der Waals surface area contributed by atoms with Crippen molar-refractivity contribution in [2.75, 3.05) is 0 Å². The van der Waals surface area contributed by atoms with Gasteiger partial charge in [0.2, 0.25) is 0 Å². The van der Waals surface area contributed by atoms with Gasteiger partial charge in [-0.3, -0.25) is 0 Å². The van der Waals surface area contributed by atoms with E-state index in [9.17, 15) is 5.11 Å². The number of fused-ring (bicyclic) bond motifs is 1. The van der Waals surface area contributed by atoms with Gasteiger partial charge in [-0.1, -0.05) is 12.1 Å². The second-order valence-electron chi connectivity index (χ2n) is 2.89. The Balaban J connectivity index is 2.60. The maximum absolute atomic E-state index is 9.28. The summed E-state index contributed by atoms with van der Waals surface area (Å²) in [6, 6.07) is 7.62. The van der Waals surface area contributed by atoms with Gasteiger partial charge in [0.25, 0.3) is 0 Å². The lowest BCUT2D eigenvalue weighted by atomic mass is 10.1. The summed E-state index contributed by atoms with van der Waals surface area (Å²) in [5, 5.41) is 10.3. The molecule has 62 valence electrons. The van der Waals surface area contributed by atoms with Crippen LogP contribution in [-0.4, -0.2) is 5.11 Å². The Labute approximate surface area is 70.4 Å². The van der Waals surface area contributed by atoms with Crippen molar-refractivity contribution in [1.82, 2.24) is 0 Å². The minimum atomic E-state index is -0.431. The topological polar surface area (TPSA) is 33.4 Å². The third kappa shape index (κ3) is 1.10. The molecule has 0 saturated heterocycles. The molecule has 0 aliphatic rings. The highest BCUT2D eigenvalue weighted by Crippen LogP contribution is 2.20. The molecule has 2 rings (SSSR count). The third-order valence-electron chi connectivity index (χ3n) is 1.96. The minimum absolute atomic E-state index is 0.431. The maximum atomic E-state index is 9.28. The van der Waals surface area contributed by atoms with Crippen LogP contribution in [0.4, 0.5) is 0 Å². The number of benzene rings is 1. The predicted octanol–water partition coefficient (Wildman–Crippen LogP) is 2.49. The first-order valence-electron chi connectivity index (χ1n) is 3.92. The standard InChI is InChI=1S/C10H10O2/c1-7(11)9-3-2-8-4-5-12-10(8)6-9/h2-7,11H,1H3. The molecule has 2 heteroatoms. The molecule has 0 fully saturated rings. The maximum Gasteiger partial charge on any atom is 0.134 e. The van der Waals surface area contributed by atoms with Crippen LogP contribution in [0.15, 0.2) is 34.9 Å². The molecule has 1 heterocycles. The molecule has 2 aromatic rings. The number of hydrogen-bond acceptors (Lipinski definition) is 2. The van der Waals surface area contributed by atoms with Crippen LogP contribution < -0.4 is 0 Å². The van der Waals surface area contributed by atoms with Gasteiger partial charge in [0.15, 0.2) is 0 Å². The first kappa shape index (κ1) is 7.37. The van der Waals surface area contributed by atoms with E-state index in [4.69, 9.17) is 4.42 Å². The normalized spacial score (nSPS) is 13.5. The van der Waals surface area contributed by atoms with Crippen molar-refractivity contribution < 1.29 is 9.52 Å². The molecule has 0 saturated carbocycles. The average molecular weight is 162 g/mol. The molecule has 0 bridgehead atoms. The van der Waals surface area contributed by atoms with E-state index in [0.29, 0.717) is 0 Å². The van der Waals surface area contributed by atoms with Gasteiger partial charge in [-0.2, -0.15) is 0 Å². The molecule has 0 aliphatic heterocycles. The van der Waals surface area contributed by atoms with Crippen molar-refractivity contribution in [3.05, 3.63) is 36.1 Å². The fraction of sp³-hybridized carbons (Fsp3) is 0.200. The summed E-state index contributed by atoms with van der Waals surface area (Å²) in [5.74, 6) is 0. The SMILES string of the molecule is CC(O)c1ccc2ccoc2c1. The fourth-order valence-electron chi connectivity index (χ4n) is 1.23. The van der Waals surface area contributed by atoms with E-state index in [0.717, 1.165) is 16.5 Å². The lowest BCUT2D eigenvalue weighted by Crippen LogP contribution is -1.88. The average Bonchev–Trinajstić information content (AvgIpc) is 2.49. The van der Waals surface area contributed by atoms with E-state index in [-0.39, 0.29) is 0 Å². The van der Waals surface area contributed by atoms with E-state index >= 15 is 0 Å². The molecule has 1 atom stereocenters. The second kappa shape index (κ2) is 2.64. The number of hydrogen-bond donors (Lipinski definition) is 1. The van der Waals surface area contributed by atoms with Crippen LogP contribution in [0.1, 0.15) is 18.6 Å². The van der Waals surface area contributed by atoms with Gasteiger partial charge < -0.3 is 9.52 Å². The first-order chi connectivity index (χ1) is 5.77. The summed E-state index contributed by atoms with van der Waals surface area (Å²) in [4.78, 5) is 0. The Bertz CT molecular complexity index is 387. The molecular formula is C10H10O2. The molecule has 0 aliphatic carbocycles. The van der Waals surface area contributed by atoms with Gasteiger partial charge in [-0.25, -0.2) is 0 Å². The summed E-state index contributed by atoms with van der Waals surface area (Å²) in [6.45, 7) is 1.74. The van der Waals surface area contributed by atoms with Crippen LogP contribution in [0, 0.1) is 0 Å². The van der Waals surface area contributed by atoms with Crippen molar-refractivity contribution >= 4 is 11.0 Å². The first-order valence-corrected chi connectivity index (χ1v) is 3.92. The molecule has 1 unspecified atom stereocenters. The fourth-order valence-corrected chi connectivity index (χ4v) is 1.23. The molecule has 1 aromatic carbocycles. The number of furan rings is 1. The Morgan fingerprint density at radius 1 is 1.33 bits per heavy atom. The zero-order valence-electron chi connectivity index (χ0n) is 6.82. The number of aliphatic hydroxyl groups is 1. The van der Waals surface area contributed by atoms with Crippen LogP contribution in [0.3, 0.4) is 0 Å². The molecule has 1 aromatic heterocycles. The third-order valence-corrected chi connectivity index (χ3v) is 1.96. The monoisotopic (exact) mass is 162 g/mol. The number of aliphatic hydroxyl groups excluding tert-OH is 1. The van der Waals surface area contributed by atoms with Gasteiger partial charge in [0, 0.05) is 5.39 Å². The predicted molar refractivity (Wildman–Crippen MR) is 46.8 cm³/mol. The zero-order valence-corrected chi connectivity index (χ0v) is 6.82. The molecule has 12 heavy (non-hydrogen) atoms. The van der Waals surface area contributed by atoms with Crippen LogP contribution in [0.5, 0.6) is 0 Å². The van der Waals surface area contributed by atoms with Crippen LogP contribution in [0.25, 0.3) is 11.0 Å². The lowest BCUT2D eigenvalue weighted by molar-refractivity contribution is 0.199. The van der Waals surface area contributed by atoms with Gasteiger partial charge in [0.1, 0.15) is 5.58 Å². The van der Waals surface area contributed by atoms with Gasteiger partial charge in [-0.15, -0.1) is 0 Å². The molecular weight excluding hydrogens is 152 g/mol. The van der Waals surface area contributed by atoms with Crippen LogP contribution in [0.2, 0.25) is 0 Å². The van der Waals surface area contributed by atoms with Crippen molar-refractivity contribution in [3.63, 3.8) is 0 Å². The van der Waals surface area contributed by atoms with Crippen molar-refractivity contribution in [3.8, 4) is 0 Å². The minimum Gasteiger partial charge on any atom is -0.464 e. The molecule has 0 radical (unpaired) electrons. The highest BCUT2D eigenvalue weighted by molar-refractivity contribution is 5.77. The second-order valence-corrected chi connectivity index (χ2v) is 2.89. The highest BCUT2D eigenvalue weighted by atomic mass is 16.3. The Morgan fingerprint density at radius 3 is 2.92 bits per heavy atom. The summed E-state index contributed by atoms with van der Waals surface area (Å²) in [6.07, 6.45) is 1.22. The Hall–Kier alpha value is -1.28. The summed E-state index contributed by atoms with van der Waals surface area (Å²) < 4.78 is 5.20. The van der Waals surface area contributed by atoms with Crippen LogP contribution >= 0.6 is 0 Å². The Kier molecular flexibility index (Phi) is 1.62. The molecule has 0 amide bonds. The van der Waals surface area contributed by atoms with Gasteiger partial charge in [0.05, 0.1) is 12.4 Å². The molecule has 2 nitrogen and oxygen atoms in total. The van der Waals surface area contributed by atoms with Gasteiger partial charge in [-0.05, 0) is 24.6 Å². The quantitative estimate of drug-likeness (QED) is 0.698. The van der Waals surface area contributed by atoms with Crippen molar-refractivity contribution in [2.24, 2.45) is 0 Å². The number of rotatable bonds is 1. The summed E-state index contributed by atoms with van der Waals surface area (Å²) >= 11 is 0. The molecule has 0 spiro atoms. The van der Waals surface area contributed by atoms with Crippen molar-refractivity contribution in [2.45, 2.75) is 13.0 Å². The van der Waals surface area contributed by atoms with E-state index in [1.54, 1.807) is 13.2 Å². The summed E-state index contributed by atoms with van der Waals surface area (Å²) in [7, 11) is 0. The van der Waals surface area contributed by atoms with Crippen molar-refractivity contribution in [1.29, 1.82) is 0 Å².